The summed E-state index contributed by atoms with van der Waals surface area (Å²) in [5.41, 5.74) is 0.787. The standard InChI is InChI=1S/C20H15F2N5S/c1-10-7-13-17(25-16-9-12(16)11-3-4-14(21)15(22)8-11)26-19(27-20(13)28-10)18-23-5-2-6-24-18/h2-8,12,16H,9H2,1H3,(H,25,26,27)/t12-,16+/m0/s1. The molecule has 4 aromatic rings. The Morgan fingerprint density at radius 2 is 1.86 bits per heavy atom. The summed E-state index contributed by atoms with van der Waals surface area (Å²) >= 11 is 1.59. The third-order valence-corrected chi connectivity index (χ3v) is 5.71. The third kappa shape index (κ3) is 3.09. The van der Waals surface area contributed by atoms with Crippen LogP contribution in [0.25, 0.3) is 21.9 Å². The first-order valence-corrected chi connectivity index (χ1v) is 9.67. The van der Waals surface area contributed by atoms with Crippen LogP contribution >= 0.6 is 11.3 Å². The highest BCUT2D eigenvalue weighted by Gasteiger charge is 2.39. The minimum atomic E-state index is -0.826. The van der Waals surface area contributed by atoms with Gasteiger partial charge in [-0.1, -0.05) is 6.07 Å². The van der Waals surface area contributed by atoms with E-state index < -0.39 is 11.6 Å². The molecule has 0 spiro atoms. The first kappa shape index (κ1) is 17.1. The summed E-state index contributed by atoms with van der Waals surface area (Å²) in [5, 5.41) is 4.39. The van der Waals surface area contributed by atoms with Crippen molar-refractivity contribution in [2.45, 2.75) is 25.3 Å². The lowest BCUT2D eigenvalue weighted by molar-refractivity contribution is 0.507. The van der Waals surface area contributed by atoms with E-state index in [1.807, 2.05) is 13.0 Å². The van der Waals surface area contributed by atoms with Gasteiger partial charge in [0.15, 0.2) is 17.5 Å². The molecule has 3 aromatic heterocycles. The molecule has 8 heteroatoms. The average Bonchev–Trinajstić information content (AvgIpc) is 3.35. The van der Waals surface area contributed by atoms with Gasteiger partial charge in [-0.3, -0.25) is 0 Å². The van der Waals surface area contributed by atoms with Gasteiger partial charge in [-0.15, -0.1) is 11.3 Å². The number of aryl methyl sites for hydroxylation is 1. The van der Waals surface area contributed by atoms with Crippen molar-refractivity contribution in [2.75, 3.05) is 5.32 Å². The number of hydrogen-bond donors (Lipinski definition) is 1. The van der Waals surface area contributed by atoms with Crippen molar-refractivity contribution in [1.29, 1.82) is 0 Å². The van der Waals surface area contributed by atoms with Crippen LogP contribution in [0.5, 0.6) is 0 Å². The van der Waals surface area contributed by atoms with Crippen molar-refractivity contribution in [1.82, 2.24) is 19.9 Å². The molecule has 1 N–H and O–H groups in total. The van der Waals surface area contributed by atoms with Gasteiger partial charge in [-0.2, -0.15) is 0 Å². The van der Waals surface area contributed by atoms with Gasteiger partial charge in [-0.25, -0.2) is 28.7 Å². The number of benzene rings is 1. The van der Waals surface area contributed by atoms with Gasteiger partial charge in [0.2, 0.25) is 5.82 Å². The summed E-state index contributed by atoms with van der Waals surface area (Å²) in [5.74, 6) is 0.120. The fourth-order valence-corrected chi connectivity index (χ4v) is 4.19. The molecule has 140 valence electrons. The molecule has 1 aromatic carbocycles. The molecule has 2 atom stereocenters. The Morgan fingerprint density at radius 1 is 1.04 bits per heavy atom. The summed E-state index contributed by atoms with van der Waals surface area (Å²) < 4.78 is 26.7. The van der Waals surface area contributed by atoms with Crippen molar-refractivity contribution in [3.63, 3.8) is 0 Å². The molecule has 5 rings (SSSR count). The molecule has 1 aliphatic carbocycles. The van der Waals surface area contributed by atoms with Gasteiger partial charge >= 0.3 is 0 Å². The predicted octanol–water partition coefficient (Wildman–Crippen LogP) is 4.70. The van der Waals surface area contributed by atoms with E-state index in [0.29, 0.717) is 17.5 Å². The van der Waals surface area contributed by atoms with Gasteiger partial charge in [0, 0.05) is 29.2 Å². The molecule has 1 fully saturated rings. The van der Waals surface area contributed by atoms with E-state index in [0.717, 1.165) is 27.1 Å². The molecule has 5 nitrogen and oxygen atoms in total. The SMILES string of the molecule is Cc1cc2c(N[C@@H]3C[C@H]3c3ccc(F)c(F)c3)nc(-c3ncccn3)nc2s1. The monoisotopic (exact) mass is 395 g/mol. The van der Waals surface area contributed by atoms with Crippen LogP contribution in [0.15, 0.2) is 42.7 Å². The van der Waals surface area contributed by atoms with E-state index >= 15 is 0 Å². The molecule has 0 unspecified atom stereocenters. The van der Waals surface area contributed by atoms with E-state index in [1.54, 1.807) is 35.9 Å². The van der Waals surface area contributed by atoms with Crippen molar-refractivity contribution < 1.29 is 8.78 Å². The normalized spacial score (nSPS) is 18.4. The molecule has 0 aliphatic heterocycles. The summed E-state index contributed by atoms with van der Waals surface area (Å²) in [7, 11) is 0. The fraction of sp³-hybridized carbons (Fsp3) is 0.200. The zero-order valence-corrected chi connectivity index (χ0v) is 15.7. The van der Waals surface area contributed by atoms with E-state index in [9.17, 15) is 8.78 Å². The summed E-state index contributed by atoms with van der Waals surface area (Å²) in [6, 6.07) is 7.98. The Morgan fingerprint density at radius 3 is 2.64 bits per heavy atom. The molecule has 0 bridgehead atoms. The zero-order valence-electron chi connectivity index (χ0n) is 14.9. The van der Waals surface area contributed by atoms with Crippen LogP contribution in [0, 0.1) is 18.6 Å². The van der Waals surface area contributed by atoms with Crippen molar-refractivity contribution in [3.05, 3.63) is 64.8 Å². The highest BCUT2D eigenvalue weighted by atomic mass is 32.1. The predicted molar refractivity (Wildman–Crippen MR) is 104 cm³/mol. The van der Waals surface area contributed by atoms with Crippen LogP contribution in [0.3, 0.4) is 0 Å². The summed E-state index contributed by atoms with van der Waals surface area (Å²) in [6.07, 6.45) is 4.14. The van der Waals surface area contributed by atoms with Gasteiger partial charge < -0.3 is 5.32 Å². The molecule has 1 saturated carbocycles. The molecule has 0 saturated heterocycles. The van der Waals surface area contributed by atoms with E-state index in [-0.39, 0.29) is 12.0 Å². The maximum absolute atomic E-state index is 13.5. The van der Waals surface area contributed by atoms with Gasteiger partial charge in [-0.05, 0) is 43.2 Å². The smallest absolute Gasteiger partial charge is 0.201 e. The Labute approximate surface area is 163 Å². The van der Waals surface area contributed by atoms with Crippen molar-refractivity contribution in [2.24, 2.45) is 0 Å². The van der Waals surface area contributed by atoms with Crippen LogP contribution in [-0.4, -0.2) is 26.0 Å². The van der Waals surface area contributed by atoms with Gasteiger partial charge in [0.05, 0.1) is 5.39 Å². The maximum Gasteiger partial charge on any atom is 0.201 e. The lowest BCUT2D eigenvalue weighted by Crippen LogP contribution is -2.08. The highest BCUT2D eigenvalue weighted by Crippen LogP contribution is 2.44. The minimum Gasteiger partial charge on any atom is -0.366 e. The minimum absolute atomic E-state index is 0.104. The Bertz CT molecular complexity index is 1180. The Balaban J connectivity index is 1.48. The number of nitrogens with zero attached hydrogens (tertiary/aromatic N) is 4. The quantitative estimate of drug-likeness (QED) is 0.543. The molecule has 28 heavy (non-hydrogen) atoms. The van der Waals surface area contributed by atoms with Gasteiger partial charge in [0.1, 0.15) is 10.6 Å². The van der Waals surface area contributed by atoms with Gasteiger partial charge in [0.25, 0.3) is 0 Å². The zero-order chi connectivity index (χ0) is 19.3. The number of aromatic nitrogens is 4. The first-order valence-electron chi connectivity index (χ1n) is 8.85. The van der Waals surface area contributed by atoms with Crippen LogP contribution in [0.2, 0.25) is 0 Å². The lowest BCUT2D eigenvalue weighted by atomic mass is 10.1. The van der Waals surface area contributed by atoms with E-state index in [2.05, 4.69) is 25.3 Å². The second kappa shape index (κ2) is 6.56. The Kier molecular flexibility index (Phi) is 4.01. The Hall–Kier alpha value is -3.00. The molecular weight excluding hydrogens is 380 g/mol. The lowest BCUT2D eigenvalue weighted by Gasteiger charge is -2.08. The maximum atomic E-state index is 13.5. The second-order valence-corrected chi connectivity index (χ2v) is 8.05. The van der Waals surface area contributed by atoms with Crippen LogP contribution < -0.4 is 5.32 Å². The largest absolute Gasteiger partial charge is 0.366 e. The number of nitrogens with one attached hydrogen (secondary N) is 1. The molecule has 3 heterocycles. The van der Waals surface area contributed by atoms with Crippen LogP contribution in [0.4, 0.5) is 14.6 Å². The number of hydrogen-bond acceptors (Lipinski definition) is 6. The number of fused-ring (bicyclic) bond motifs is 1. The highest BCUT2D eigenvalue weighted by molar-refractivity contribution is 7.18. The summed E-state index contributed by atoms with van der Waals surface area (Å²) in [6.45, 7) is 2.02. The molecule has 0 radical (unpaired) electrons. The van der Waals surface area contributed by atoms with E-state index in [1.165, 1.54) is 12.1 Å². The number of rotatable bonds is 4. The van der Waals surface area contributed by atoms with Crippen molar-refractivity contribution >= 4 is 27.4 Å². The van der Waals surface area contributed by atoms with Crippen molar-refractivity contribution in [3.8, 4) is 11.6 Å². The fourth-order valence-electron chi connectivity index (χ4n) is 3.31. The third-order valence-electron chi connectivity index (χ3n) is 4.77. The average molecular weight is 395 g/mol. The summed E-state index contributed by atoms with van der Waals surface area (Å²) in [4.78, 5) is 19.7. The molecule has 0 amide bonds. The number of thiophene rings is 1. The second-order valence-electron chi connectivity index (χ2n) is 6.81. The number of anilines is 1. The topological polar surface area (TPSA) is 63.6 Å². The van der Waals surface area contributed by atoms with Crippen LogP contribution in [0.1, 0.15) is 22.8 Å². The molecule has 1 aliphatic rings. The van der Waals surface area contributed by atoms with Crippen LogP contribution in [-0.2, 0) is 0 Å². The molecular formula is C20H15F2N5S. The van der Waals surface area contributed by atoms with E-state index in [4.69, 9.17) is 0 Å². The number of halogens is 2. The first-order chi connectivity index (χ1) is 13.6.